The Morgan fingerprint density at radius 1 is 1.21 bits per heavy atom. The Kier molecular flexibility index (Phi) is 6.41. The molecule has 0 aliphatic carbocycles. The van der Waals surface area contributed by atoms with E-state index in [1.165, 1.54) is 0 Å². The van der Waals surface area contributed by atoms with Gasteiger partial charge in [0.15, 0.2) is 0 Å². The van der Waals surface area contributed by atoms with Crippen LogP contribution in [0.3, 0.4) is 0 Å². The third-order valence-corrected chi connectivity index (χ3v) is 3.36. The van der Waals surface area contributed by atoms with Crippen LogP contribution in [0.4, 0.5) is 0 Å². The number of nitrogens with one attached hydrogen (secondary N) is 1. The molecule has 9 heteroatoms. The molecule has 84 valence electrons. The average Bonchev–Trinajstić information content (AvgIpc) is 2.10. The van der Waals surface area contributed by atoms with Gasteiger partial charge >= 0.3 is 0 Å². The van der Waals surface area contributed by atoms with Gasteiger partial charge in [-0.1, -0.05) is 10.6 Å². The second kappa shape index (κ2) is 6.74. The van der Waals surface area contributed by atoms with Crippen LogP contribution in [0.5, 0.6) is 0 Å². The first-order valence-electron chi connectivity index (χ1n) is 3.81. The zero-order valence-electron chi connectivity index (χ0n) is 7.50. The summed E-state index contributed by atoms with van der Waals surface area (Å²) in [4.78, 5) is 10.7. The lowest BCUT2D eigenvalue weighted by Gasteiger charge is -2.07. The Bertz CT molecular complexity index is 297. The van der Waals surface area contributed by atoms with Gasteiger partial charge in [0.1, 0.15) is 0 Å². The van der Waals surface area contributed by atoms with Crippen LogP contribution in [0, 0.1) is 0 Å². The van der Waals surface area contributed by atoms with Crippen LogP contribution < -0.4 is 5.32 Å². The summed E-state index contributed by atoms with van der Waals surface area (Å²) >= 11 is 0. The van der Waals surface area contributed by atoms with Crippen molar-refractivity contribution < 1.29 is 21.6 Å². The summed E-state index contributed by atoms with van der Waals surface area (Å²) in [6.07, 6.45) is 0.271. The first-order chi connectivity index (χ1) is 6.49. The number of amides is 1. The molecule has 0 radical (unpaired) electrons. The average molecular weight is 244 g/mol. The van der Waals surface area contributed by atoms with Gasteiger partial charge in [0, 0.05) is 19.5 Å². The number of hydrogen-bond acceptors (Lipinski definition) is 5. The van der Waals surface area contributed by atoms with E-state index < -0.39 is 21.8 Å². The SMILES string of the molecule is CCC(=O)NCCN([SH](=O)=O)[SH](=O)=O. The van der Waals surface area contributed by atoms with Crippen molar-refractivity contribution >= 4 is 27.7 Å². The maximum absolute atomic E-state index is 10.7. The normalized spacial score (nSPS) is 11.1. The molecule has 1 amide bonds. The first kappa shape index (κ1) is 13.3. The van der Waals surface area contributed by atoms with Gasteiger partial charge in [0.25, 0.3) is 0 Å². The van der Waals surface area contributed by atoms with Gasteiger partial charge in [-0.15, -0.1) is 0 Å². The van der Waals surface area contributed by atoms with Crippen LogP contribution in [-0.2, 0) is 26.6 Å². The van der Waals surface area contributed by atoms with Gasteiger partial charge in [0.05, 0.1) is 0 Å². The predicted molar refractivity (Wildman–Crippen MR) is 50.6 cm³/mol. The molecule has 0 fully saturated rings. The summed E-state index contributed by atoms with van der Waals surface area (Å²) in [6, 6.07) is 0. The smallest absolute Gasteiger partial charge is 0.219 e. The van der Waals surface area contributed by atoms with E-state index in [9.17, 15) is 21.6 Å². The highest BCUT2D eigenvalue weighted by Gasteiger charge is 2.08. The van der Waals surface area contributed by atoms with Crippen molar-refractivity contribution in [1.82, 2.24) is 9.03 Å². The molecular formula is C5H12N2O5S2. The topological polar surface area (TPSA) is 101 Å². The van der Waals surface area contributed by atoms with Gasteiger partial charge in [-0.2, -0.15) is 0 Å². The van der Waals surface area contributed by atoms with Gasteiger partial charge < -0.3 is 5.32 Å². The minimum absolute atomic E-state index is 0.0146. The summed E-state index contributed by atoms with van der Waals surface area (Å²) in [5.41, 5.74) is 0. The molecule has 0 heterocycles. The van der Waals surface area contributed by atoms with Crippen molar-refractivity contribution in [3.8, 4) is 0 Å². The van der Waals surface area contributed by atoms with E-state index in [1.807, 2.05) is 0 Å². The highest BCUT2D eigenvalue weighted by molar-refractivity contribution is 7.85. The van der Waals surface area contributed by atoms with E-state index in [-0.39, 0.29) is 29.1 Å². The fraction of sp³-hybridized carbons (Fsp3) is 0.800. The third kappa shape index (κ3) is 5.14. The van der Waals surface area contributed by atoms with Crippen LogP contribution in [-0.4, -0.2) is 39.5 Å². The maximum Gasteiger partial charge on any atom is 0.219 e. The Hall–Kier alpha value is -0.670. The molecule has 0 aliphatic rings. The zero-order valence-corrected chi connectivity index (χ0v) is 9.29. The largest absolute Gasteiger partial charge is 0.355 e. The molecule has 0 saturated carbocycles. The minimum atomic E-state index is -3.15. The molecule has 0 aromatic heterocycles. The number of hydrogen-bond donors (Lipinski definition) is 3. The molecule has 0 aliphatic heterocycles. The van der Waals surface area contributed by atoms with E-state index in [0.29, 0.717) is 0 Å². The minimum Gasteiger partial charge on any atom is -0.355 e. The number of carbonyl (C=O) groups excluding carboxylic acids is 1. The molecule has 0 saturated heterocycles. The second-order valence-corrected chi connectivity index (χ2v) is 4.51. The number of carbonyl (C=O) groups is 1. The molecule has 0 rings (SSSR count). The fourth-order valence-electron chi connectivity index (χ4n) is 0.643. The lowest BCUT2D eigenvalue weighted by Crippen LogP contribution is -2.33. The van der Waals surface area contributed by atoms with E-state index >= 15 is 0 Å². The Morgan fingerprint density at radius 2 is 1.71 bits per heavy atom. The summed E-state index contributed by atoms with van der Waals surface area (Å²) in [5.74, 6) is -0.257. The predicted octanol–water partition coefficient (Wildman–Crippen LogP) is -2.13. The maximum atomic E-state index is 10.7. The third-order valence-electron chi connectivity index (χ3n) is 1.33. The summed E-state index contributed by atoms with van der Waals surface area (Å²) < 4.78 is 41.7. The highest BCUT2D eigenvalue weighted by atomic mass is 32.2. The second-order valence-electron chi connectivity index (χ2n) is 2.28. The number of rotatable bonds is 6. The summed E-state index contributed by atoms with van der Waals surface area (Å²) in [6.45, 7) is 1.36. The van der Waals surface area contributed by atoms with E-state index in [2.05, 4.69) is 5.32 Å². The van der Waals surface area contributed by atoms with Crippen LogP contribution in [0.25, 0.3) is 0 Å². The quantitative estimate of drug-likeness (QED) is 0.463. The van der Waals surface area contributed by atoms with Crippen molar-refractivity contribution in [3.63, 3.8) is 0 Å². The lowest BCUT2D eigenvalue weighted by molar-refractivity contribution is -0.120. The van der Waals surface area contributed by atoms with E-state index in [1.54, 1.807) is 6.92 Å². The lowest BCUT2D eigenvalue weighted by atomic mass is 10.4. The Labute approximate surface area is 85.3 Å². The highest BCUT2D eigenvalue weighted by Crippen LogP contribution is 1.86. The van der Waals surface area contributed by atoms with Crippen molar-refractivity contribution in [1.29, 1.82) is 0 Å². The molecule has 0 atom stereocenters. The molecule has 7 nitrogen and oxygen atoms in total. The van der Waals surface area contributed by atoms with E-state index in [0.717, 1.165) is 0 Å². The van der Waals surface area contributed by atoms with Gasteiger partial charge in [-0.05, 0) is 0 Å². The van der Waals surface area contributed by atoms with Crippen molar-refractivity contribution in [2.75, 3.05) is 13.1 Å². The number of nitrogens with zero attached hydrogens (tertiary/aromatic N) is 1. The van der Waals surface area contributed by atoms with Gasteiger partial charge in [-0.3, -0.25) is 4.79 Å². The number of thiol groups is 2. The van der Waals surface area contributed by atoms with Gasteiger partial charge in [0.2, 0.25) is 27.7 Å². The van der Waals surface area contributed by atoms with Crippen molar-refractivity contribution in [2.24, 2.45) is 0 Å². The molecule has 0 unspecified atom stereocenters. The molecular weight excluding hydrogens is 232 g/mol. The molecule has 0 bridgehead atoms. The van der Waals surface area contributed by atoms with Crippen LogP contribution in [0.1, 0.15) is 13.3 Å². The molecule has 14 heavy (non-hydrogen) atoms. The standard InChI is InChI=1S/C5H12N2O5S2/c1-2-5(8)6-3-4-7(13(9)10)14(11)12/h13-14H,2-4H2,1H3,(H,6,8). The molecule has 0 aromatic carbocycles. The van der Waals surface area contributed by atoms with Crippen LogP contribution in [0.15, 0.2) is 0 Å². The monoisotopic (exact) mass is 244 g/mol. The van der Waals surface area contributed by atoms with Crippen molar-refractivity contribution in [2.45, 2.75) is 13.3 Å². The van der Waals surface area contributed by atoms with Crippen molar-refractivity contribution in [3.05, 3.63) is 0 Å². The first-order valence-corrected chi connectivity index (χ1v) is 6.08. The Balaban J connectivity index is 4.03. The Morgan fingerprint density at radius 3 is 2.07 bits per heavy atom. The fourth-order valence-corrected chi connectivity index (χ4v) is 1.65. The van der Waals surface area contributed by atoms with Crippen LogP contribution >= 0.6 is 0 Å². The zero-order chi connectivity index (χ0) is 11.1. The molecule has 1 N–H and O–H groups in total. The van der Waals surface area contributed by atoms with E-state index in [4.69, 9.17) is 0 Å². The molecule has 0 spiro atoms. The summed E-state index contributed by atoms with van der Waals surface area (Å²) in [7, 11) is -6.31. The molecule has 0 aromatic rings. The summed E-state index contributed by atoms with van der Waals surface area (Å²) in [5, 5.41) is 2.36. The van der Waals surface area contributed by atoms with Gasteiger partial charge in [-0.25, -0.2) is 16.8 Å². The van der Waals surface area contributed by atoms with Crippen LogP contribution in [0.2, 0.25) is 0 Å².